The molecular formula is C27H38N3O4P. The molecule has 7 nitrogen and oxygen atoms in total. The van der Waals surface area contributed by atoms with Crippen molar-refractivity contribution in [1.82, 2.24) is 14.5 Å². The van der Waals surface area contributed by atoms with E-state index in [9.17, 15) is 19.1 Å². The van der Waals surface area contributed by atoms with Crippen molar-refractivity contribution in [2.24, 2.45) is 11.8 Å². The van der Waals surface area contributed by atoms with Crippen LogP contribution in [0.15, 0.2) is 29.1 Å². The summed E-state index contributed by atoms with van der Waals surface area (Å²) in [5.41, 5.74) is 1.70. The Morgan fingerprint density at radius 3 is 2.20 bits per heavy atom. The van der Waals surface area contributed by atoms with Crippen LogP contribution in [0.3, 0.4) is 0 Å². The maximum absolute atomic E-state index is 13.7. The van der Waals surface area contributed by atoms with E-state index in [0.717, 1.165) is 35.7 Å². The van der Waals surface area contributed by atoms with E-state index in [1.165, 1.54) is 57.8 Å². The summed E-state index contributed by atoms with van der Waals surface area (Å²) < 4.78 is 13.4. The van der Waals surface area contributed by atoms with E-state index in [1.807, 2.05) is 28.8 Å². The van der Waals surface area contributed by atoms with Crippen LogP contribution >= 0.6 is 7.60 Å². The summed E-state index contributed by atoms with van der Waals surface area (Å²) in [6.07, 6.45) is 13.7. The fourth-order valence-corrected chi connectivity index (χ4v) is 8.62. The molecule has 1 aromatic heterocycles. The van der Waals surface area contributed by atoms with E-state index < -0.39 is 7.60 Å². The van der Waals surface area contributed by atoms with Crippen LogP contribution in [0.4, 0.5) is 0 Å². The van der Waals surface area contributed by atoms with Crippen molar-refractivity contribution in [1.29, 1.82) is 0 Å². The SMILES string of the molecule is O=c1c(CCP(=O)(O)O)nc2ccccc2n1C1C[C@H]2CCC[C@@H](C1)N2C1C[C@H]2CCC[C@@H](C1)C2. The number of para-hydroxylation sites is 2. The predicted molar refractivity (Wildman–Crippen MR) is 137 cm³/mol. The van der Waals surface area contributed by atoms with E-state index in [2.05, 4.69) is 9.88 Å². The number of piperidine rings is 2. The number of benzene rings is 1. The molecule has 2 aromatic rings. The van der Waals surface area contributed by atoms with Gasteiger partial charge in [-0.1, -0.05) is 37.8 Å². The molecule has 2 saturated heterocycles. The summed E-state index contributed by atoms with van der Waals surface area (Å²) in [6, 6.07) is 9.60. The Morgan fingerprint density at radius 1 is 0.857 bits per heavy atom. The topological polar surface area (TPSA) is 95.7 Å². The van der Waals surface area contributed by atoms with Gasteiger partial charge >= 0.3 is 7.60 Å². The van der Waals surface area contributed by atoms with Gasteiger partial charge < -0.3 is 14.4 Å². The number of fused-ring (bicyclic) bond motifs is 5. The van der Waals surface area contributed by atoms with Crippen molar-refractivity contribution in [2.75, 3.05) is 6.16 Å². The molecule has 2 saturated carbocycles. The van der Waals surface area contributed by atoms with Gasteiger partial charge in [0.2, 0.25) is 0 Å². The molecule has 4 bridgehead atoms. The van der Waals surface area contributed by atoms with Gasteiger partial charge in [-0.3, -0.25) is 14.3 Å². The molecule has 35 heavy (non-hydrogen) atoms. The van der Waals surface area contributed by atoms with Crippen molar-refractivity contribution in [3.8, 4) is 0 Å². The number of hydrogen-bond acceptors (Lipinski definition) is 4. The zero-order valence-corrected chi connectivity index (χ0v) is 21.4. The van der Waals surface area contributed by atoms with E-state index in [-0.39, 0.29) is 29.9 Å². The van der Waals surface area contributed by atoms with Gasteiger partial charge in [0.15, 0.2) is 0 Å². The molecule has 0 amide bonds. The van der Waals surface area contributed by atoms with Gasteiger partial charge in [-0.05, 0) is 68.9 Å². The first-order valence-electron chi connectivity index (χ1n) is 13.7. The molecule has 6 rings (SSSR count). The molecule has 1 aromatic carbocycles. The van der Waals surface area contributed by atoms with Crippen LogP contribution in [0.2, 0.25) is 0 Å². The van der Waals surface area contributed by atoms with Crippen molar-refractivity contribution in [2.45, 2.75) is 101 Å². The lowest BCUT2D eigenvalue weighted by molar-refractivity contribution is -0.0486. The van der Waals surface area contributed by atoms with Crippen LogP contribution in [0.25, 0.3) is 11.0 Å². The monoisotopic (exact) mass is 499 g/mol. The summed E-state index contributed by atoms with van der Waals surface area (Å²) in [5, 5.41) is 0. The van der Waals surface area contributed by atoms with Gasteiger partial charge in [0.1, 0.15) is 5.69 Å². The zero-order chi connectivity index (χ0) is 24.2. The van der Waals surface area contributed by atoms with Gasteiger partial charge in [0, 0.05) is 30.6 Å². The molecule has 0 radical (unpaired) electrons. The van der Waals surface area contributed by atoms with Crippen LogP contribution < -0.4 is 5.56 Å². The summed E-state index contributed by atoms with van der Waals surface area (Å²) >= 11 is 0. The van der Waals surface area contributed by atoms with Crippen LogP contribution in [0.1, 0.15) is 82.4 Å². The second-order valence-corrected chi connectivity index (χ2v) is 13.5. The molecule has 2 unspecified atom stereocenters. The minimum absolute atomic E-state index is 0.00446. The Hall–Kier alpha value is -1.53. The third-order valence-electron chi connectivity index (χ3n) is 9.40. The summed E-state index contributed by atoms with van der Waals surface area (Å²) in [7, 11) is -4.20. The Bertz CT molecular complexity index is 1170. The molecule has 2 N–H and O–H groups in total. The van der Waals surface area contributed by atoms with Crippen molar-refractivity contribution in [3.63, 3.8) is 0 Å². The third kappa shape index (κ3) is 4.77. The summed E-state index contributed by atoms with van der Waals surface area (Å²) in [4.78, 5) is 39.9. The Morgan fingerprint density at radius 2 is 1.51 bits per heavy atom. The van der Waals surface area contributed by atoms with E-state index in [0.29, 0.717) is 18.1 Å². The number of rotatable bonds is 5. The van der Waals surface area contributed by atoms with Crippen molar-refractivity contribution >= 4 is 18.6 Å². The molecule has 8 heteroatoms. The molecule has 0 spiro atoms. The number of hydrogen-bond donors (Lipinski definition) is 2. The standard InChI is InChI=1S/C27H38N3O4P/c31-27-25(11-12-35(32,33)34)28-24-9-1-2-10-26(24)30(27)23-16-20-7-4-8-21(17-23)29(20)22-14-18-5-3-6-19(13-18)15-22/h1-2,9-10,18-23H,3-8,11-17H2,(H2,32,33,34)/t18-,19+,20-,21+,22?,23?. The molecule has 4 fully saturated rings. The fraction of sp³-hybridized carbons (Fsp3) is 0.704. The molecule has 2 aliphatic heterocycles. The van der Waals surface area contributed by atoms with Crippen LogP contribution in [-0.4, -0.2) is 48.5 Å². The largest absolute Gasteiger partial charge is 0.325 e. The molecule has 3 heterocycles. The fourth-order valence-electron chi connectivity index (χ4n) is 8.12. The maximum atomic E-state index is 13.7. The van der Waals surface area contributed by atoms with E-state index in [4.69, 9.17) is 0 Å². The average Bonchev–Trinajstić information content (AvgIpc) is 2.81. The zero-order valence-electron chi connectivity index (χ0n) is 20.5. The lowest BCUT2D eigenvalue weighted by Gasteiger charge is -2.55. The van der Waals surface area contributed by atoms with E-state index >= 15 is 0 Å². The van der Waals surface area contributed by atoms with Gasteiger partial charge in [0.05, 0.1) is 17.2 Å². The first-order valence-corrected chi connectivity index (χ1v) is 15.5. The Balaban J connectivity index is 1.32. The third-order valence-corrected chi connectivity index (χ3v) is 10.2. The van der Waals surface area contributed by atoms with Crippen molar-refractivity contribution in [3.05, 3.63) is 40.3 Å². The second kappa shape index (κ2) is 9.41. The molecule has 190 valence electrons. The van der Waals surface area contributed by atoms with Gasteiger partial charge in [-0.25, -0.2) is 4.98 Å². The van der Waals surface area contributed by atoms with Gasteiger partial charge in [-0.2, -0.15) is 0 Å². The highest BCUT2D eigenvalue weighted by molar-refractivity contribution is 7.51. The number of aryl methyl sites for hydroxylation is 1. The highest BCUT2D eigenvalue weighted by Gasteiger charge is 2.45. The molecule has 6 atom stereocenters. The Labute approximate surface area is 207 Å². The smallest absolute Gasteiger partial charge is 0.324 e. The maximum Gasteiger partial charge on any atom is 0.325 e. The lowest BCUT2D eigenvalue weighted by Crippen LogP contribution is -2.58. The molecular weight excluding hydrogens is 461 g/mol. The van der Waals surface area contributed by atoms with Crippen LogP contribution in [-0.2, 0) is 11.0 Å². The lowest BCUT2D eigenvalue weighted by atomic mass is 9.68. The summed E-state index contributed by atoms with van der Waals surface area (Å²) in [5.74, 6) is 1.82. The Kier molecular flexibility index (Phi) is 6.41. The normalized spacial score (nSPS) is 33.7. The highest BCUT2D eigenvalue weighted by Crippen LogP contribution is 2.47. The first kappa shape index (κ1) is 23.8. The minimum atomic E-state index is -4.20. The molecule has 2 aliphatic carbocycles. The van der Waals surface area contributed by atoms with Crippen LogP contribution in [0.5, 0.6) is 0 Å². The average molecular weight is 500 g/mol. The quantitative estimate of drug-likeness (QED) is 0.582. The number of nitrogens with zero attached hydrogens (tertiary/aromatic N) is 3. The van der Waals surface area contributed by atoms with Crippen molar-refractivity contribution < 1.29 is 14.4 Å². The van der Waals surface area contributed by atoms with Crippen LogP contribution in [0, 0.1) is 11.8 Å². The van der Waals surface area contributed by atoms with Gasteiger partial charge in [-0.15, -0.1) is 0 Å². The highest BCUT2D eigenvalue weighted by atomic mass is 31.2. The predicted octanol–water partition coefficient (Wildman–Crippen LogP) is 4.64. The molecule has 4 aliphatic rings. The first-order chi connectivity index (χ1) is 16.9. The summed E-state index contributed by atoms with van der Waals surface area (Å²) in [6.45, 7) is 0. The second-order valence-electron chi connectivity index (χ2n) is 11.7. The van der Waals surface area contributed by atoms with Gasteiger partial charge in [0.25, 0.3) is 5.56 Å². The minimum Gasteiger partial charge on any atom is -0.324 e. The van der Waals surface area contributed by atoms with E-state index in [1.54, 1.807) is 0 Å². The number of aromatic nitrogens is 2.